The van der Waals surface area contributed by atoms with Gasteiger partial charge in [0, 0.05) is 23.7 Å². The molecule has 0 aliphatic rings. The van der Waals surface area contributed by atoms with Gasteiger partial charge in [-0.1, -0.05) is 35.0 Å². The van der Waals surface area contributed by atoms with Crippen molar-refractivity contribution < 1.29 is 4.52 Å². The van der Waals surface area contributed by atoms with E-state index in [1.807, 2.05) is 37.3 Å². The Hall–Kier alpha value is -1.32. The van der Waals surface area contributed by atoms with Gasteiger partial charge in [-0.2, -0.15) is 0 Å². The molecule has 0 aliphatic carbocycles. The number of aromatic nitrogens is 1. The summed E-state index contributed by atoms with van der Waals surface area (Å²) < 4.78 is 5.01. The molecule has 4 heteroatoms. The van der Waals surface area contributed by atoms with Crippen molar-refractivity contribution in [3.8, 4) is 0 Å². The second kappa shape index (κ2) is 5.34. The van der Waals surface area contributed by atoms with E-state index in [2.05, 4.69) is 17.4 Å². The summed E-state index contributed by atoms with van der Waals surface area (Å²) in [5.41, 5.74) is 2.00. The third-order valence-electron chi connectivity index (χ3n) is 2.64. The van der Waals surface area contributed by atoms with Crippen molar-refractivity contribution in [2.24, 2.45) is 0 Å². The molecular weight excluding hydrogens is 236 g/mol. The standard InChI is InChI=1S/C13H15ClN2O/c1-9-7-11(16-17-9)8-15-10(2)12-5-3-4-6-13(12)14/h3-7,10,15H,8H2,1-2H3/t10-/m0/s1. The van der Waals surface area contributed by atoms with Gasteiger partial charge in [0.2, 0.25) is 0 Å². The smallest absolute Gasteiger partial charge is 0.133 e. The van der Waals surface area contributed by atoms with E-state index in [-0.39, 0.29) is 6.04 Å². The van der Waals surface area contributed by atoms with E-state index in [1.54, 1.807) is 0 Å². The topological polar surface area (TPSA) is 38.1 Å². The fourth-order valence-corrected chi connectivity index (χ4v) is 1.99. The van der Waals surface area contributed by atoms with Crippen LogP contribution in [0.3, 0.4) is 0 Å². The highest BCUT2D eigenvalue weighted by atomic mass is 35.5. The van der Waals surface area contributed by atoms with Gasteiger partial charge in [0.05, 0.1) is 5.69 Å². The van der Waals surface area contributed by atoms with Crippen molar-refractivity contribution in [2.75, 3.05) is 0 Å². The van der Waals surface area contributed by atoms with Gasteiger partial charge >= 0.3 is 0 Å². The molecule has 0 spiro atoms. The van der Waals surface area contributed by atoms with Crippen molar-refractivity contribution in [1.29, 1.82) is 0 Å². The minimum absolute atomic E-state index is 0.181. The van der Waals surface area contributed by atoms with Crippen molar-refractivity contribution in [1.82, 2.24) is 10.5 Å². The average Bonchev–Trinajstić information content (AvgIpc) is 2.73. The summed E-state index contributed by atoms with van der Waals surface area (Å²) in [4.78, 5) is 0. The SMILES string of the molecule is Cc1cc(CN[C@@H](C)c2ccccc2Cl)no1. The molecule has 0 saturated heterocycles. The maximum absolute atomic E-state index is 6.13. The zero-order chi connectivity index (χ0) is 12.3. The Kier molecular flexibility index (Phi) is 3.82. The number of rotatable bonds is 4. The zero-order valence-electron chi connectivity index (χ0n) is 9.90. The molecule has 1 atom stereocenters. The summed E-state index contributed by atoms with van der Waals surface area (Å²) in [5.74, 6) is 0.826. The van der Waals surface area contributed by atoms with E-state index in [0.29, 0.717) is 6.54 Å². The second-order valence-electron chi connectivity index (χ2n) is 4.05. The van der Waals surface area contributed by atoms with Gasteiger partial charge in [-0.05, 0) is 25.5 Å². The number of nitrogens with one attached hydrogen (secondary N) is 1. The number of benzene rings is 1. The molecule has 90 valence electrons. The van der Waals surface area contributed by atoms with Gasteiger partial charge in [-0.25, -0.2) is 0 Å². The summed E-state index contributed by atoms with van der Waals surface area (Å²) in [5, 5.41) is 8.08. The summed E-state index contributed by atoms with van der Waals surface area (Å²) >= 11 is 6.13. The minimum Gasteiger partial charge on any atom is -0.361 e. The van der Waals surface area contributed by atoms with E-state index >= 15 is 0 Å². The van der Waals surface area contributed by atoms with Crippen molar-refractivity contribution in [3.63, 3.8) is 0 Å². The molecule has 0 saturated carbocycles. The van der Waals surface area contributed by atoms with Crippen LogP contribution in [-0.2, 0) is 6.54 Å². The molecule has 1 heterocycles. The van der Waals surface area contributed by atoms with Crippen LogP contribution in [0, 0.1) is 6.92 Å². The van der Waals surface area contributed by atoms with E-state index in [0.717, 1.165) is 22.0 Å². The van der Waals surface area contributed by atoms with Crippen LogP contribution < -0.4 is 5.32 Å². The molecule has 0 bridgehead atoms. The maximum Gasteiger partial charge on any atom is 0.133 e. The lowest BCUT2D eigenvalue weighted by molar-refractivity contribution is 0.386. The molecule has 0 fully saturated rings. The Bertz CT molecular complexity index is 496. The largest absolute Gasteiger partial charge is 0.361 e. The number of hydrogen-bond acceptors (Lipinski definition) is 3. The Balaban J connectivity index is 1.98. The summed E-state index contributed by atoms with van der Waals surface area (Å²) in [6, 6.07) is 9.94. The zero-order valence-corrected chi connectivity index (χ0v) is 10.7. The lowest BCUT2D eigenvalue weighted by Crippen LogP contribution is -2.18. The first kappa shape index (κ1) is 12.1. The third kappa shape index (κ3) is 3.08. The molecule has 0 amide bonds. The number of nitrogens with zero attached hydrogens (tertiary/aromatic N) is 1. The van der Waals surface area contributed by atoms with E-state index < -0.39 is 0 Å². The Labute approximate surface area is 106 Å². The van der Waals surface area contributed by atoms with E-state index in [1.165, 1.54) is 0 Å². The van der Waals surface area contributed by atoms with E-state index in [9.17, 15) is 0 Å². The van der Waals surface area contributed by atoms with E-state index in [4.69, 9.17) is 16.1 Å². The van der Waals surface area contributed by atoms with Crippen molar-refractivity contribution in [3.05, 3.63) is 52.4 Å². The molecule has 0 radical (unpaired) electrons. The molecule has 2 rings (SSSR count). The van der Waals surface area contributed by atoms with Crippen LogP contribution in [0.5, 0.6) is 0 Å². The number of aryl methyl sites for hydroxylation is 1. The Morgan fingerprint density at radius 3 is 2.82 bits per heavy atom. The molecule has 17 heavy (non-hydrogen) atoms. The Morgan fingerprint density at radius 2 is 2.18 bits per heavy atom. The van der Waals surface area contributed by atoms with Crippen molar-refractivity contribution >= 4 is 11.6 Å². The van der Waals surface area contributed by atoms with Crippen LogP contribution in [-0.4, -0.2) is 5.16 Å². The van der Waals surface area contributed by atoms with Gasteiger partial charge in [-0.3, -0.25) is 0 Å². The molecule has 1 aromatic heterocycles. The van der Waals surface area contributed by atoms with Crippen LogP contribution in [0.4, 0.5) is 0 Å². The molecule has 2 aromatic rings. The molecule has 0 unspecified atom stereocenters. The van der Waals surface area contributed by atoms with Gasteiger partial charge in [0.25, 0.3) is 0 Å². The molecule has 0 aliphatic heterocycles. The fourth-order valence-electron chi connectivity index (χ4n) is 1.70. The highest BCUT2D eigenvalue weighted by Crippen LogP contribution is 2.22. The summed E-state index contributed by atoms with van der Waals surface area (Å²) in [6.45, 7) is 4.63. The predicted octanol–water partition coefficient (Wildman–Crippen LogP) is 3.49. The second-order valence-corrected chi connectivity index (χ2v) is 4.46. The van der Waals surface area contributed by atoms with Crippen LogP contribution in [0.1, 0.15) is 30.0 Å². The predicted molar refractivity (Wildman–Crippen MR) is 67.9 cm³/mol. The fraction of sp³-hybridized carbons (Fsp3) is 0.308. The average molecular weight is 251 g/mol. The quantitative estimate of drug-likeness (QED) is 0.903. The maximum atomic E-state index is 6.13. The van der Waals surface area contributed by atoms with Crippen molar-refractivity contribution in [2.45, 2.75) is 26.4 Å². The van der Waals surface area contributed by atoms with Gasteiger partial charge in [0.15, 0.2) is 0 Å². The Morgan fingerprint density at radius 1 is 1.41 bits per heavy atom. The first-order valence-electron chi connectivity index (χ1n) is 5.57. The van der Waals surface area contributed by atoms with Gasteiger partial charge < -0.3 is 9.84 Å². The number of halogens is 1. The minimum atomic E-state index is 0.181. The number of hydrogen-bond donors (Lipinski definition) is 1. The highest BCUT2D eigenvalue weighted by Gasteiger charge is 2.09. The first-order valence-corrected chi connectivity index (χ1v) is 5.94. The molecular formula is C13H15ClN2O. The summed E-state index contributed by atoms with van der Waals surface area (Å²) in [7, 11) is 0. The molecule has 1 aromatic carbocycles. The molecule has 3 nitrogen and oxygen atoms in total. The summed E-state index contributed by atoms with van der Waals surface area (Å²) in [6.07, 6.45) is 0. The van der Waals surface area contributed by atoms with Gasteiger partial charge in [0.1, 0.15) is 5.76 Å². The van der Waals surface area contributed by atoms with Crippen LogP contribution in [0.15, 0.2) is 34.9 Å². The first-order chi connectivity index (χ1) is 8.16. The highest BCUT2D eigenvalue weighted by molar-refractivity contribution is 6.31. The van der Waals surface area contributed by atoms with Gasteiger partial charge in [-0.15, -0.1) is 0 Å². The lowest BCUT2D eigenvalue weighted by atomic mass is 10.1. The van der Waals surface area contributed by atoms with Crippen LogP contribution >= 0.6 is 11.6 Å². The third-order valence-corrected chi connectivity index (χ3v) is 2.98. The lowest BCUT2D eigenvalue weighted by Gasteiger charge is -2.14. The monoisotopic (exact) mass is 250 g/mol. The molecule has 1 N–H and O–H groups in total. The normalized spacial score (nSPS) is 12.6. The van der Waals surface area contributed by atoms with Crippen LogP contribution in [0.25, 0.3) is 0 Å². The van der Waals surface area contributed by atoms with Crippen LogP contribution in [0.2, 0.25) is 5.02 Å².